The molecule has 0 amide bonds. The summed E-state index contributed by atoms with van der Waals surface area (Å²) in [6.45, 7) is 2.47. The topological polar surface area (TPSA) is 50.8 Å². The molecule has 0 aliphatic carbocycles. The van der Waals surface area contributed by atoms with Crippen molar-refractivity contribution in [2.24, 2.45) is 0 Å². The summed E-state index contributed by atoms with van der Waals surface area (Å²) >= 11 is 0. The van der Waals surface area contributed by atoms with Gasteiger partial charge in [-0.2, -0.15) is 10.5 Å². The first-order chi connectivity index (χ1) is 7.19. The van der Waals surface area contributed by atoms with Crippen molar-refractivity contribution >= 4 is 0 Å². The molecule has 1 aromatic carbocycles. The van der Waals surface area contributed by atoms with Gasteiger partial charge in [0.25, 0.3) is 0 Å². The van der Waals surface area contributed by atoms with Gasteiger partial charge in [0, 0.05) is 6.54 Å². The number of rotatable bonds is 3. The van der Waals surface area contributed by atoms with E-state index in [0.717, 1.165) is 5.56 Å². The van der Waals surface area contributed by atoms with E-state index in [0.29, 0.717) is 12.1 Å². The molecule has 0 heterocycles. The van der Waals surface area contributed by atoms with Crippen LogP contribution >= 0.6 is 0 Å². The van der Waals surface area contributed by atoms with E-state index in [2.05, 4.69) is 12.1 Å². The van der Waals surface area contributed by atoms with Gasteiger partial charge in [-0.3, -0.25) is 4.90 Å². The second-order valence-corrected chi connectivity index (χ2v) is 3.49. The summed E-state index contributed by atoms with van der Waals surface area (Å²) in [6, 6.07) is 11.6. The quantitative estimate of drug-likeness (QED) is 0.747. The maximum Gasteiger partial charge on any atom is 0.0995 e. The molecule has 1 rings (SSSR count). The zero-order valence-electron chi connectivity index (χ0n) is 8.94. The lowest BCUT2D eigenvalue weighted by atomic mass is 10.1. The van der Waals surface area contributed by atoms with Crippen molar-refractivity contribution in [3.8, 4) is 12.1 Å². The molecule has 0 aliphatic rings. The predicted octanol–water partition coefficient (Wildman–Crippen LogP) is 1.90. The molecule has 1 aromatic rings. The molecule has 3 heteroatoms. The number of hydrogen-bond acceptors (Lipinski definition) is 3. The molecule has 0 radical (unpaired) electrons. The lowest BCUT2D eigenvalue weighted by Crippen LogP contribution is -2.27. The van der Waals surface area contributed by atoms with Crippen LogP contribution in [0.25, 0.3) is 0 Å². The lowest BCUT2D eigenvalue weighted by molar-refractivity contribution is 0.294. The highest BCUT2D eigenvalue weighted by molar-refractivity contribution is 5.37. The molecule has 0 saturated carbocycles. The van der Waals surface area contributed by atoms with Crippen molar-refractivity contribution < 1.29 is 0 Å². The summed E-state index contributed by atoms with van der Waals surface area (Å²) in [5.41, 5.74) is 1.64. The van der Waals surface area contributed by atoms with Gasteiger partial charge in [-0.15, -0.1) is 0 Å². The van der Waals surface area contributed by atoms with Gasteiger partial charge in [0.15, 0.2) is 0 Å². The van der Waals surface area contributed by atoms with Gasteiger partial charge in [0.05, 0.1) is 23.7 Å². The molecule has 1 atom stereocenters. The molecular weight excluding hydrogens is 186 g/mol. The van der Waals surface area contributed by atoms with Crippen LogP contribution in [0.5, 0.6) is 0 Å². The van der Waals surface area contributed by atoms with Crippen molar-refractivity contribution in [1.29, 1.82) is 10.5 Å². The van der Waals surface area contributed by atoms with Crippen molar-refractivity contribution in [2.75, 3.05) is 7.05 Å². The van der Waals surface area contributed by atoms with E-state index in [-0.39, 0.29) is 6.04 Å². The molecule has 0 aliphatic heterocycles. The summed E-state index contributed by atoms with van der Waals surface area (Å²) in [5.74, 6) is 0. The third-order valence-electron chi connectivity index (χ3n) is 2.41. The highest BCUT2D eigenvalue weighted by Gasteiger charge is 2.09. The van der Waals surface area contributed by atoms with E-state index >= 15 is 0 Å². The Morgan fingerprint density at radius 3 is 2.60 bits per heavy atom. The Morgan fingerprint density at radius 2 is 2.00 bits per heavy atom. The van der Waals surface area contributed by atoms with Crippen LogP contribution in [0.2, 0.25) is 0 Å². The predicted molar refractivity (Wildman–Crippen MR) is 57.7 cm³/mol. The van der Waals surface area contributed by atoms with Crippen LogP contribution in [0, 0.1) is 22.7 Å². The molecule has 15 heavy (non-hydrogen) atoms. The van der Waals surface area contributed by atoms with Crippen LogP contribution < -0.4 is 0 Å². The highest BCUT2D eigenvalue weighted by atomic mass is 15.1. The zero-order valence-corrected chi connectivity index (χ0v) is 8.94. The van der Waals surface area contributed by atoms with Crippen LogP contribution in [0.15, 0.2) is 24.3 Å². The van der Waals surface area contributed by atoms with Gasteiger partial charge < -0.3 is 0 Å². The van der Waals surface area contributed by atoms with Gasteiger partial charge in [0.1, 0.15) is 0 Å². The largest absolute Gasteiger partial charge is 0.287 e. The molecule has 3 nitrogen and oxygen atoms in total. The Hall–Kier alpha value is -1.84. The maximum atomic E-state index is 8.89. The van der Waals surface area contributed by atoms with E-state index in [4.69, 9.17) is 10.5 Å². The Balaban J connectivity index is 2.82. The van der Waals surface area contributed by atoms with Crippen molar-refractivity contribution in [2.45, 2.75) is 19.5 Å². The van der Waals surface area contributed by atoms with Crippen molar-refractivity contribution in [1.82, 2.24) is 4.90 Å². The van der Waals surface area contributed by atoms with Crippen LogP contribution in [0.1, 0.15) is 18.1 Å². The van der Waals surface area contributed by atoms with Gasteiger partial charge in [-0.1, -0.05) is 18.2 Å². The summed E-state index contributed by atoms with van der Waals surface area (Å²) in [4.78, 5) is 1.91. The summed E-state index contributed by atoms with van der Waals surface area (Å²) in [6.07, 6.45) is 0. The third kappa shape index (κ3) is 2.80. The van der Waals surface area contributed by atoms with E-state index in [1.165, 1.54) is 0 Å². The lowest BCUT2D eigenvalue weighted by Gasteiger charge is -2.19. The summed E-state index contributed by atoms with van der Waals surface area (Å²) < 4.78 is 0. The molecule has 0 aromatic heterocycles. The Morgan fingerprint density at radius 1 is 1.33 bits per heavy atom. The molecule has 0 spiro atoms. The highest BCUT2D eigenvalue weighted by Crippen LogP contribution is 2.11. The second kappa shape index (κ2) is 5.14. The fourth-order valence-corrected chi connectivity index (χ4v) is 1.27. The van der Waals surface area contributed by atoms with Crippen LogP contribution in [-0.4, -0.2) is 18.0 Å². The average molecular weight is 199 g/mol. The van der Waals surface area contributed by atoms with Gasteiger partial charge in [-0.05, 0) is 25.6 Å². The molecule has 1 unspecified atom stereocenters. The average Bonchev–Trinajstić information content (AvgIpc) is 2.28. The summed E-state index contributed by atoms with van der Waals surface area (Å²) in [7, 11) is 1.88. The number of nitrogens with zero attached hydrogens (tertiary/aromatic N) is 3. The smallest absolute Gasteiger partial charge is 0.0995 e. The normalized spacial score (nSPS) is 11.8. The SMILES string of the molecule is CC(C#N)N(C)Cc1ccccc1C#N. The Bertz CT molecular complexity index is 412. The molecule has 0 saturated heterocycles. The van der Waals surface area contributed by atoms with Crippen LogP contribution in [-0.2, 0) is 6.54 Å². The monoisotopic (exact) mass is 199 g/mol. The molecule has 0 fully saturated rings. The van der Waals surface area contributed by atoms with Gasteiger partial charge >= 0.3 is 0 Å². The van der Waals surface area contributed by atoms with Crippen LogP contribution in [0.3, 0.4) is 0 Å². The van der Waals surface area contributed by atoms with E-state index in [1.807, 2.05) is 37.1 Å². The Labute approximate surface area is 90.2 Å². The number of hydrogen-bond donors (Lipinski definition) is 0. The first-order valence-corrected chi connectivity index (χ1v) is 4.77. The first-order valence-electron chi connectivity index (χ1n) is 4.77. The molecule has 0 N–H and O–H groups in total. The standard InChI is InChI=1S/C12H13N3/c1-10(7-13)15(2)9-12-6-4-3-5-11(12)8-14/h3-6,10H,9H2,1-2H3. The Kier molecular flexibility index (Phi) is 3.85. The van der Waals surface area contributed by atoms with Gasteiger partial charge in [0.2, 0.25) is 0 Å². The molecule has 0 bridgehead atoms. The minimum Gasteiger partial charge on any atom is -0.287 e. The minimum atomic E-state index is -0.142. The third-order valence-corrected chi connectivity index (χ3v) is 2.41. The van der Waals surface area contributed by atoms with Gasteiger partial charge in [-0.25, -0.2) is 0 Å². The minimum absolute atomic E-state index is 0.142. The fourth-order valence-electron chi connectivity index (χ4n) is 1.27. The van der Waals surface area contributed by atoms with E-state index in [9.17, 15) is 0 Å². The summed E-state index contributed by atoms with van der Waals surface area (Å²) in [5, 5.41) is 17.6. The van der Waals surface area contributed by atoms with Crippen LogP contribution in [0.4, 0.5) is 0 Å². The molecule has 76 valence electrons. The first kappa shape index (κ1) is 11.2. The van der Waals surface area contributed by atoms with Crippen molar-refractivity contribution in [3.63, 3.8) is 0 Å². The van der Waals surface area contributed by atoms with Crippen molar-refractivity contribution in [3.05, 3.63) is 35.4 Å². The second-order valence-electron chi connectivity index (χ2n) is 3.49. The zero-order chi connectivity index (χ0) is 11.3. The number of nitriles is 2. The fraction of sp³-hybridized carbons (Fsp3) is 0.333. The number of benzene rings is 1. The van der Waals surface area contributed by atoms with E-state index in [1.54, 1.807) is 6.07 Å². The molecular formula is C12H13N3. The maximum absolute atomic E-state index is 8.89. The van der Waals surface area contributed by atoms with E-state index < -0.39 is 0 Å².